The van der Waals surface area contributed by atoms with Gasteiger partial charge in [-0.25, -0.2) is 0 Å². The Bertz CT molecular complexity index is 721. The Hall–Kier alpha value is -1.43. The number of halogens is 2. The Morgan fingerprint density at radius 2 is 2.00 bits per heavy atom. The summed E-state index contributed by atoms with van der Waals surface area (Å²) in [6.07, 6.45) is 0. The van der Waals surface area contributed by atoms with Gasteiger partial charge in [0, 0.05) is 27.8 Å². The molecule has 2 rings (SSSR count). The molecule has 0 aromatic heterocycles. The number of rotatable bonds is 3. The first-order valence-corrected chi connectivity index (χ1v) is 7.61. The van der Waals surface area contributed by atoms with E-state index in [4.69, 9.17) is 29.6 Å². The largest absolute Gasteiger partial charge is 0.389 e. The van der Waals surface area contributed by atoms with E-state index in [0.717, 1.165) is 5.56 Å². The number of carbonyl (C=O) groups excluding carboxylic acids is 1. The van der Waals surface area contributed by atoms with Crippen LogP contribution in [0.25, 0.3) is 0 Å². The van der Waals surface area contributed by atoms with E-state index in [-0.39, 0.29) is 5.91 Å². The summed E-state index contributed by atoms with van der Waals surface area (Å²) in [5.41, 5.74) is 7.58. The van der Waals surface area contributed by atoms with Gasteiger partial charge in [0.2, 0.25) is 0 Å². The maximum absolute atomic E-state index is 12.5. The standard InChI is InChI=1S/C15H12BrClN2OS/c1-19(11-4-2-3-9(7-11)14(18)21)15(20)12-6-5-10(17)8-13(12)16/h2-8H,1H3,(H2,18,21). The van der Waals surface area contributed by atoms with Crippen LogP contribution in [-0.4, -0.2) is 17.9 Å². The van der Waals surface area contributed by atoms with Crippen LogP contribution in [0.2, 0.25) is 5.02 Å². The topological polar surface area (TPSA) is 46.3 Å². The van der Waals surface area contributed by atoms with Crippen molar-refractivity contribution < 1.29 is 4.79 Å². The van der Waals surface area contributed by atoms with Crippen LogP contribution in [0.15, 0.2) is 46.9 Å². The zero-order valence-corrected chi connectivity index (χ0v) is 14.3. The number of nitrogens with zero attached hydrogens (tertiary/aromatic N) is 1. The molecule has 0 aliphatic carbocycles. The van der Waals surface area contributed by atoms with Crippen molar-refractivity contribution in [1.29, 1.82) is 0 Å². The number of carbonyl (C=O) groups is 1. The summed E-state index contributed by atoms with van der Waals surface area (Å²) in [6.45, 7) is 0. The number of nitrogens with two attached hydrogens (primary N) is 1. The quantitative estimate of drug-likeness (QED) is 0.815. The normalized spacial score (nSPS) is 10.2. The number of hydrogen-bond acceptors (Lipinski definition) is 2. The maximum atomic E-state index is 12.5. The van der Waals surface area contributed by atoms with Crippen molar-refractivity contribution in [3.8, 4) is 0 Å². The number of hydrogen-bond donors (Lipinski definition) is 1. The SMILES string of the molecule is CN(C(=O)c1ccc(Cl)cc1Br)c1cccc(C(N)=S)c1. The van der Waals surface area contributed by atoms with E-state index in [1.54, 1.807) is 31.3 Å². The lowest BCUT2D eigenvalue weighted by Gasteiger charge is -2.19. The first-order chi connectivity index (χ1) is 9.90. The molecule has 0 radical (unpaired) electrons. The van der Waals surface area contributed by atoms with Crippen LogP contribution < -0.4 is 10.6 Å². The van der Waals surface area contributed by atoms with Crippen LogP contribution in [0.3, 0.4) is 0 Å². The van der Waals surface area contributed by atoms with E-state index in [1.165, 1.54) is 4.90 Å². The fourth-order valence-electron chi connectivity index (χ4n) is 1.83. The predicted octanol–water partition coefficient (Wildman–Crippen LogP) is 4.01. The summed E-state index contributed by atoms with van der Waals surface area (Å²) >= 11 is 14.2. The number of amides is 1. The molecular weight excluding hydrogens is 372 g/mol. The van der Waals surface area contributed by atoms with E-state index in [2.05, 4.69) is 15.9 Å². The monoisotopic (exact) mass is 382 g/mol. The molecule has 6 heteroatoms. The summed E-state index contributed by atoms with van der Waals surface area (Å²) < 4.78 is 0.650. The molecule has 0 unspecified atom stereocenters. The number of benzene rings is 2. The van der Waals surface area contributed by atoms with Gasteiger partial charge in [-0.15, -0.1) is 0 Å². The highest BCUT2D eigenvalue weighted by Gasteiger charge is 2.17. The second-order valence-electron chi connectivity index (χ2n) is 4.40. The zero-order valence-electron chi connectivity index (χ0n) is 11.1. The fourth-order valence-corrected chi connectivity index (χ4v) is 2.81. The highest BCUT2D eigenvalue weighted by molar-refractivity contribution is 9.10. The molecule has 0 atom stereocenters. The lowest BCUT2D eigenvalue weighted by molar-refractivity contribution is 0.0992. The molecule has 2 N–H and O–H groups in total. The first kappa shape index (κ1) is 15.9. The third-order valence-corrected chi connectivity index (χ3v) is 4.11. The van der Waals surface area contributed by atoms with Crippen molar-refractivity contribution >= 4 is 56.3 Å². The van der Waals surface area contributed by atoms with E-state index in [9.17, 15) is 4.79 Å². The first-order valence-electron chi connectivity index (χ1n) is 6.03. The molecule has 0 saturated carbocycles. The third kappa shape index (κ3) is 3.61. The van der Waals surface area contributed by atoms with Crippen molar-refractivity contribution in [2.24, 2.45) is 5.73 Å². The molecule has 2 aromatic rings. The van der Waals surface area contributed by atoms with E-state index < -0.39 is 0 Å². The van der Waals surface area contributed by atoms with Gasteiger partial charge >= 0.3 is 0 Å². The Morgan fingerprint density at radius 1 is 1.29 bits per heavy atom. The molecule has 21 heavy (non-hydrogen) atoms. The van der Waals surface area contributed by atoms with Crippen molar-refractivity contribution in [2.75, 3.05) is 11.9 Å². The molecule has 1 amide bonds. The van der Waals surface area contributed by atoms with Crippen LogP contribution >= 0.6 is 39.7 Å². The Balaban J connectivity index is 2.35. The third-order valence-electron chi connectivity index (χ3n) is 2.98. The summed E-state index contributed by atoms with van der Waals surface area (Å²) in [5, 5.41) is 0.566. The molecule has 0 heterocycles. The molecule has 0 aliphatic heterocycles. The van der Waals surface area contributed by atoms with Gasteiger partial charge in [-0.05, 0) is 46.3 Å². The van der Waals surface area contributed by atoms with Crippen molar-refractivity contribution in [2.45, 2.75) is 0 Å². The van der Waals surface area contributed by atoms with Crippen LogP contribution in [0.4, 0.5) is 5.69 Å². The van der Waals surface area contributed by atoms with Gasteiger partial charge in [0.25, 0.3) is 5.91 Å². The molecule has 2 aromatic carbocycles. The highest BCUT2D eigenvalue weighted by atomic mass is 79.9. The fraction of sp³-hybridized carbons (Fsp3) is 0.0667. The molecule has 0 saturated heterocycles. The van der Waals surface area contributed by atoms with Gasteiger partial charge < -0.3 is 10.6 Å². The number of anilines is 1. The summed E-state index contributed by atoms with van der Waals surface area (Å²) in [4.78, 5) is 14.4. The molecule has 3 nitrogen and oxygen atoms in total. The summed E-state index contributed by atoms with van der Waals surface area (Å²) in [7, 11) is 1.70. The van der Waals surface area contributed by atoms with Crippen LogP contribution in [0, 0.1) is 0 Å². The molecule has 0 aliphatic rings. The van der Waals surface area contributed by atoms with Gasteiger partial charge in [0.05, 0.1) is 5.56 Å². The number of thiocarbonyl (C=S) groups is 1. The van der Waals surface area contributed by atoms with Crippen LogP contribution in [0.1, 0.15) is 15.9 Å². The maximum Gasteiger partial charge on any atom is 0.259 e. The second-order valence-corrected chi connectivity index (χ2v) is 6.13. The Kier molecular flexibility index (Phi) is 4.98. The Morgan fingerprint density at radius 3 is 2.62 bits per heavy atom. The summed E-state index contributed by atoms with van der Waals surface area (Å²) in [6, 6.07) is 12.3. The average molecular weight is 384 g/mol. The van der Waals surface area contributed by atoms with Gasteiger partial charge in [-0.3, -0.25) is 4.79 Å². The lowest BCUT2D eigenvalue weighted by Crippen LogP contribution is -2.27. The highest BCUT2D eigenvalue weighted by Crippen LogP contribution is 2.25. The minimum atomic E-state index is -0.154. The van der Waals surface area contributed by atoms with Gasteiger partial charge in [0.15, 0.2) is 0 Å². The molecule has 0 spiro atoms. The molecule has 0 fully saturated rings. The minimum Gasteiger partial charge on any atom is -0.389 e. The smallest absolute Gasteiger partial charge is 0.259 e. The molecular formula is C15H12BrClN2OS. The summed E-state index contributed by atoms with van der Waals surface area (Å²) in [5.74, 6) is -0.154. The van der Waals surface area contributed by atoms with E-state index >= 15 is 0 Å². The van der Waals surface area contributed by atoms with Crippen molar-refractivity contribution in [3.05, 3.63) is 63.1 Å². The van der Waals surface area contributed by atoms with Crippen LogP contribution in [-0.2, 0) is 0 Å². The lowest BCUT2D eigenvalue weighted by atomic mass is 10.1. The average Bonchev–Trinajstić information content (AvgIpc) is 2.46. The van der Waals surface area contributed by atoms with Gasteiger partial charge in [-0.2, -0.15) is 0 Å². The minimum absolute atomic E-state index is 0.154. The molecule has 0 bridgehead atoms. The zero-order chi connectivity index (χ0) is 15.6. The molecule has 108 valence electrons. The predicted molar refractivity (Wildman–Crippen MR) is 94.2 cm³/mol. The van der Waals surface area contributed by atoms with Crippen molar-refractivity contribution in [3.63, 3.8) is 0 Å². The second kappa shape index (κ2) is 6.56. The van der Waals surface area contributed by atoms with E-state index in [1.807, 2.05) is 18.2 Å². The van der Waals surface area contributed by atoms with E-state index in [0.29, 0.717) is 25.7 Å². The van der Waals surface area contributed by atoms with Crippen LogP contribution in [0.5, 0.6) is 0 Å². The Labute approximate surface area is 141 Å². The van der Waals surface area contributed by atoms with Gasteiger partial charge in [-0.1, -0.05) is 36.0 Å². The van der Waals surface area contributed by atoms with Gasteiger partial charge in [0.1, 0.15) is 4.99 Å². The van der Waals surface area contributed by atoms with Crippen molar-refractivity contribution in [1.82, 2.24) is 0 Å².